The Morgan fingerprint density at radius 1 is 1.56 bits per heavy atom. The lowest BCUT2D eigenvalue weighted by molar-refractivity contribution is -0.0400. The first-order chi connectivity index (χ1) is 7.50. The van der Waals surface area contributed by atoms with Gasteiger partial charge in [-0.05, 0) is 6.92 Å². The Morgan fingerprint density at radius 2 is 2.25 bits per heavy atom. The molecule has 16 heavy (non-hydrogen) atoms. The normalized spacial score (nSPS) is 34.2. The van der Waals surface area contributed by atoms with Gasteiger partial charge in [-0.2, -0.15) is 0 Å². The molecule has 4 N–H and O–H groups in total. The lowest BCUT2D eigenvalue weighted by atomic mass is 10.1. The molecule has 0 saturated carbocycles. The molecule has 1 aromatic rings. The van der Waals surface area contributed by atoms with Gasteiger partial charge in [0.25, 0.3) is 5.91 Å². The van der Waals surface area contributed by atoms with Crippen molar-refractivity contribution < 1.29 is 19.7 Å². The molecular formula is C8H12N4O4. The average molecular weight is 228 g/mol. The standard InChI is InChI=1S/C8H12N4O4/c1-3-4(13)5(14)8(16-3)12-2-10-7(11-12)6(9)15/h2-5,8,13-14H,1H3,(H2,9,15). The topological polar surface area (TPSA) is 123 Å². The predicted octanol–water partition coefficient (Wildman–Crippen LogP) is -1.98. The summed E-state index contributed by atoms with van der Waals surface area (Å²) in [6, 6.07) is 0. The molecule has 0 aliphatic carbocycles. The number of nitrogens with zero attached hydrogens (tertiary/aromatic N) is 3. The fraction of sp³-hybridized carbons (Fsp3) is 0.625. The van der Waals surface area contributed by atoms with E-state index in [1.165, 1.54) is 6.33 Å². The van der Waals surface area contributed by atoms with E-state index in [4.69, 9.17) is 10.5 Å². The molecule has 1 amide bonds. The van der Waals surface area contributed by atoms with Gasteiger partial charge in [-0.25, -0.2) is 9.67 Å². The zero-order chi connectivity index (χ0) is 11.9. The van der Waals surface area contributed by atoms with Crippen molar-refractivity contribution in [2.75, 3.05) is 0 Å². The number of aliphatic hydroxyl groups excluding tert-OH is 2. The smallest absolute Gasteiger partial charge is 0.288 e. The van der Waals surface area contributed by atoms with Crippen LogP contribution >= 0.6 is 0 Å². The molecule has 1 fully saturated rings. The van der Waals surface area contributed by atoms with Gasteiger partial charge in [-0.3, -0.25) is 4.79 Å². The van der Waals surface area contributed by atoms with Gasteiger partial charge in [-0.1, -0.05) is 0 Å². The fourth-order valence-corrected chi connectivity index (χ4v) is 1.56. The van der Waals surface area contributed by atoms with Crippen LogP contribution in [0, 0.1) is 0 Å². The second kappa shape index (κ2) is 3.81. The molecule has 4 atom stereocenters. The molecule has 8 heteroatoms. The molecule has 0 spiro atoms. The molecule has 0 aromatic carbocycles. The van der Waals surface area contributed by atoms with E-state index in [1.807, 2.05) is 0 Å². The number of hydrogen-bond acceptors (Lipinski definition) is 6. The van der Waals surface area contributed by atoms with E-state index in [2.05, 4.69) is 10.1 Å². The van der Waals surface area contributed by atoms with E-state index < -0.39 is 30.4 Å². The van der Waals surface area contributed by atoms with Crippen molar-refractivity contribution in [2.45, 2.75) is 31.5 Å². The largest absolute Gasteiger partial charge is 0.388 e. The van der Waals surface area contributed by atoms with E-state index in [0.29, 0.717) is 0 Å². The molecule has 88 valence electrons. The number of rotatable bonds is 2. The summed E-state index contributed by atoms with van der Waals surface area (Å²) in [6.45, 7) is 1.62. The monoisotopic (exact) mass is 228 g/mol. The number of aliphatic hydroxyl groups is 2. The third-order valence-electron chi connectivity index (χ3n) is 2.47. The summed E-state index contributed by atoms with van der Waals surface area (Å²) in [5.41, 5.74) is 4.99. The maximum atomic E-state index is 10.8. The Balaban J connectivity index is 2.21. The summed E-state index contributed by atoms with van der Waals surface area (Å²) in [5.74, 6) is -0.926. The number of aromatic nitrogens is 3. The Hall–Kier alpha value is -1.51. The van der Waals surface area contributed by atoms with E-state index in [9.17, 15) is 15.0 Å². The first kappa shape index (κ1) is 11.0. The van der Waals surface area contributed by atoms with Gasteiger partial charge in [0.2, 0.25) is 5.82 Å². The van der Waals surface area contributed by atoms with Crippen LogP contribution < -0.4 is 5.73 Å². The summed E-state index contributed by atoms with van der Waals surface area (Å²) in [5, 5.41) is 22.9. The van der Waals surface area contributed by atoms with Crippen LogP contribution in [0.4, 0.5) is 0 Å². The van der Waals surface area contributed by atoms with E-state index in [1.54, 1.807) is 6.92 Å². The molecule has 4 unspecified atom stereocenters. The predicted molar refractivity (Wildman–Crippen MR) is 50.1 cm³/mol. The highest BCUT2D eigenvalue weighted by Crippen LogP contribution is 2.28. The quantitative estimate of drug-likeness (QED) is 0.538. The van der Waals surface area contributed by atoms with Crippen molar-refractivity contribution in [1.29, 1.82) is 0 Å². The number of primary amides is 1. The first-order valence-corrected chi connectivity index (χ1v) is 4.73. The molecule has 8 nitrogen and oxygen atoms in total. The van der Waals surface area contributed by atoms with Crippen LogP contribution in [-0.2, 0) is 4.74 Å². The van der Waals surface area contributed by atoms with Crippen LogP contribution in [0.2, 0.25) is 0 Å². The molecule has 1 aliphatic heterocycles. The van der Waals surface area contributed by atoms with Crippen LogP contribution in [0.15, 0.2) is 6.33 Å². The molecular weight excluding hydrogens is 216 g/mol. The van der Waals surface area contributed by atoms with Gasteiger partial charge in [0.1, 0.15) is 18.5 Å². The van der Waals surface area contributed by atoms with E-state index >= 15 is 0 Å². The SMILES string of the molecule is CC1OC(n2cnc(C(N)=O)n2)C(O)C1O. The molecule has 1 saturated heterocycles. The number of amides is 1. The first-order valence-electron chi connectivity index (χ1n) is 4.73. The van der Waals surface area contributed by atoms with Crippen molar-refractivity contribution in [2.24, 2.45) is 5.73 Å². The van der Waals surface area contributed by atoms with Gasteiger partial charge in [0, 0.05) is 0 Å². The van der Waals surface area contributed by atoms with Crippen LogP contribution in [0.25, 0.3) is 0 Å². The van der Waals surface area contributed by atoms with E-state index in [-0.39, 0.29) is 5.82 Å². The zero-order valence-corrected chi connectivity index (χ0v) is 8.52. The van der Waals surface area contributed by atoms with Crippen molar-refractivity contribution in [3.63, 3.8) is 0 Å². The van der Waals surface area contributed by atoms with Crippen molar-refractivity contribution in [3.8, 4) is 0 Å². The van der Waals surface area contributed by atoms with Gasteiger partial charge < -0.3 is 20.7 Å². The van der Waals surface area contributed by atoms with E-state index in [0.717, 1.165) is 4.68 Å². The molecule has 2 rings (SSSR count). The van der Waals surface area contributed by atoms with Crippen LogP contribution in [0.5, 0.6) is 0 Å². The maximum absolute atomic E-state index is 10.8. The summed E-state index contributed by atoms with van der Waals surface area (Å²) < 4.78 is 6.44. The highest BCUT2D eigenvalue weighted by Gasteiger charge is 2.41. The molecule has 2 heterocycles. The Bertz CT molecular complexity index is 406. The maximum Gasteiger partial charge on any atom is 0.288 e. The lowest BCUT2D eigenvalue weighted by Gasteiger charge is -2.13. The minimum Gasteiger partial charge on any atom is -0.388 e. The average Bonchev–Trinajstić information content (AvgIpc) is 2.79. The Labute approximate surface area is 90.6 Å². The summed E-state index contributed by atoms with van der Waals surface area (Å²) in [7, 11) is 0. The van der Waals surface area contributed by atoms with Crippen LogP contribution in [0.3, 0.4) is 0 Å². The van der Waals surface area contributed by atoms with Crippen LogP contribution in [-0.4, -0.2) is 49.2 Å². The second-order valence-electron chi connectivity index (χ2n) is 3.63. The minimum absolute atomic E-state index is 0.162. The third-order valence-corrected chi connectivity index (χ3v) is 2.47. The molecule has 1 aliphatic rings. The Morgan fingerprint density at radius 3 is 2.69 bits per heavy atom. The van der Waals surface area contributed by atoms with Crippen molar-refractivity contribution in [3.05, 3.63) is 12.2 Å². The summed E-state index contributed by atoms with van der Waals surface area (Å²) in [6.07, 6.45) is -2.26. The highest BCUT2D eigenvalue weighted by molar-refractivity contribution is 5.88. The second-order valence-corrected chi connectivity index (χ2v) is 3.63. The number of nitrogens with two attached hydrogens (primary N) is 1. The number of ether oxygens (including phenoxy) is 1. The third kappa shape index (κ3) is 1.66. The van der Waals surface area contributed by atoms with Crippen LogP contribution in [0.1, 0.15) is 23.8 Å². The van der Waals surface area contributed by atoms with Gasteiger partial charge in [-0.15, -0.1) is 5.10 Å². The Kier molecular flexibility index (Phi) is 2.62. The molecule has 0 radical (unpaired) electrons. The highest BCUT2D eigenvalue weighted by atomic mass is 16.6. The summed E-state index contributed by atoms with van der Waals surface area (Å²) in [4.78, 5) is 14.4. The lowest BCUT2D eigenvalue weighted by Crippen LogP contribution is -2.30. The van der Waals surface area contributed by atoms with Gasteiger partial charge in [0.15, 0.2) is 6.23 Å². The van der Waals surface area contributed by atoms with Gasteiger partial charge in [0.05, 0.1) is 6.10 Å². The van der Waals surface area contributed by atoms with Gasteiger partial charge >= 0.3 is 0 Å². The molecule has 0 bridgehead atoms. The molecule has 1 aromatic heterocycles. The number of hydrogen-bond donors (Lipinski definition) is 3. The minimum atomic E-state index is -1.11. The summed E-state index contributed by atoms with van der Waals surface area (Å²) >= 11 is 0. The van der Waals surface area contributed by atoms with Crippen molar-refractivity contribution >= 4 is 5.91 Å². The van der Waals surface area contributed by atoms with Crippen molar-refractivity contribution in [1.82, 2.24) is 14.8 Å². The fourth-order valence-electron chi connectivity index (χ4n) is 1.56. The zero-order valence-electron chi connectivity index (χ0n) is 8.52. The number of carbonyl (C=O) groups is 1. The number of carbonyl (C=O) groups excluding carboxylic acids is 1.